The van der Waals surface area contributed by atoms with Crippen LogP contribution in [0.25, 0.3) is 11.4 Å². The number of rotatable bonds is 5. The summed E-state index contributed by atoms with van der Waals surface area (Å²) in [5, 5.41) is 2.89. The molecule has 0 aliphatic rings. The number of aryl methyl sites for hydroxylation is 2. The van der Waals surface area contributed by atoms with Gasteiger partial charge >= 0.3 is 0 Å². The first-order valence-electron chi connectivity index (χ1n) is 8.49. The number of carbonyl (C=O) groups excluding carboxylic acids is 1. The van der Waals surface area contributed by atoms with E-state index in [1.807, 2.05) is 55.5 Å². The van der Waals surface area contributed by atoms with Crippen LogP contribution in [0.3, 0.4) is 0 Å². The zero-order chi connectivity index (χ0) is 18.5. The van der Waals surface area contributed by atoms with Gasteiger partial charge in [-0.2, -0.15) is 0 Å². The normalized spacial score (nSPS) is 10.4. The summed E-state index contributed by atoms with van der Waals surface area (Å²) in [4.78, 5) is 21.3. The Labute approximate surface area is 153 Å². The largest absolute Gasteiger partial charge is 0.497 e. The molecule has 1 N–H and O–H groups in total. The summed E-state index contributed by atoms with van der Waals surface area (Å²) < 4.78 is 5.16. The Bertz CT molecular complexity index is 904. The van der Waals surface area contributed by atoms with Crippen LogP contribution in [0, 0.1) is 6.92 Å². The van der Waals surface area contributed by atoms with Crippen LogP contribution < -0.4 is 10.1 Å². The summed E-state index contributed by atoms with van der Waals surface area (Å²) in [6.45, 7) is 3.91. The minimum absolute atomic E-state index is 0.215. The van der Waals surface area contributed by atoms with Gasteiger partial charge in [0.1, 0.15) is 5.75 Å². The molecule has 0 saturated heterocycles. The fourth-order valence-corrected chi connectivity index (χ4v) is 2.59. The van der Waals surface area contributed by atoms with Crippen molar-refractivity contribution in [3.63, 3.8) is 0 Å². The molecule has 0 spiro atoms. The Kier molecular flexibility index (Phi) is 5.27. The van der Waals surface area contributed by atoms with E-state index in [0.717, 1.165) is 23.4 Å². The van der Waals surface area contributed by atoms with Gasteiger partial charge in [-0.25, -0.2) is 9.97 Å². The molecule has 0 atom stereocenters. The van der Waals surface area contributed by atoms with Gasteiger partial charge in [0.05, 0.1) is 18.4 Å². The second-order valence-corrected chi connectivity index (χ2v) is 5.93. The topological polar surface area (TPSA) is 64.1 Å². The van der Waals surface area contributed by atoms with Gasteiger partial charge in [0.2, 0.25) is 0 Å². The lowest BCUT2D eigenvalue weighted by molar-refractivity contribution is 0.102. The zero-order valence-electron chi connectivity index (χ0n) is 15.1. The third-order valence-electron chi connectivity index (χ3n) is 4.19. The quantitative estimate of drug-likeness (QED) is 0.748. The second-order valence-electron chi connectivity index (χ2n) is 5.93. The van der Waals surface area contributed by atoms with Gasteiger partial charge < -0.3 is 10.1 Å². The van der Waals surface area contributed by atoms with E-state index in [9.17, 15) is 4.79 Å². The molecule has 0 unspecified atom stereocenters. The molecule has 5 heteroatoms. The number of benzene rings is 2. The molecule has 3 rings (SSSR count). The van der Waals surface area contributed by atoms with Crippen LogP contribution in [0.2, 0.25) is 0 Å². The van der Waals surface area contributed by atoms with Crippen LogP contribution in [0.15, 0.2) is 54.7 Å². The molecule has 0 bridgehead atoms. The minimum Gasteiger partial charge on any atom is -0.497 e. The van der Waals surface area contributed by atoms with E-state index in [1.54, 1.807) is 13.3 Å². The molecule has 0 radical (unpaired) electrons. The maximum Gasteiger partial charge on any atom is 0.259 e. The summed E-state index contributed by atoms with van der Waals surface area (Å²) in [5.74, 6) is 1.14. The highest BCUT2D eigenvalue weighted by molar-refractivity contribution is 6.04. The summed E-state index contributed by atoms with van der Waals surface area (Å²) in [6, 6.07) is 15.3. The van der Waals surface area contributed by atoms with Crippen molar-refractivity contribution in [1.29, 1.82) is 0 Å². The van der Waals surface area contributed by atoms with Crippen LogP contribution >= 0.6 is 0 Å². The van der Waals surface area contributed by atoms with Crippen LogP contribution in [0.1, 0.15) is 28.5 Å². The summed E-state index contributed by atoms with van der Waals surface area (Å²) in [7, 11) is 1.62. The molecule has 0 saturated carbocycles. The number of ether oxygens (including phenoxy) is 1. The van der Waals surface area contributed by atoms with Crippen molar-refractivity contribution in [2.75, 3.05) is 12.4 Å². The predicted molar refractivity (Wildman–Crippen MR) is 103 cm³/mol. The molecule has 26 heavy (non-hydrogen) atoms. The molecule has 2 aromatic carbocycles. The first-order valence-corrected chi connectivity index (χ1v) is 8.49. The van der Waals surface area contributed by atoms with Crippen LogP contribution in [-0.4, -0.2) is 23.0 Å². The highest BCUT2D eigenvalue weighted by atomic mass is 16.5. The maximum atomic E-state index is 12.5. The standard InChI is InChI=1S/C21H21N3O2/c1-4-15-5-9-17(10-6-15)24-21(25)19-13-22-20(23-14(19)2)16-7-11-18(26-3)12-8-16/h5-13H,4H2,1-3H3,(H,24,25). The van der Waals surface area contributed by atoms with Crippen molar-refractivity contribution in [1.82, 2.24) is 9.97 Å². The maximum absolute atomic E-state index is 12.5. The van der Waals surface area contributed by atoms with E-state index >= 15 is 0 Å². The number of carbonyl (C=O) groups is 1. The van der Waals surface area contributed by atoms with E-state index in [-0.39, 0.29) is 5.91 Å². The lowest BCUT2D eigenvalue weighted by Gasteiger charge is -2.09. The monoisotopic (exact) mass is 347 g/mol. The van der Waals surface area contributed by atoms with Crippen molar-refractivity contribution >= 4 is 11.6 Å². The first-order chi connectivity index (χ1) is 12.6. The third-order valence-corrected chi connectivity index (χ3v) is 4.19. The number of anilines is 1. The Hall–Kier alpha value is -3.21. The molecule has 132 valence electrons. The number of methoxy groups -OCH3 is 1. The summed E-state index contributed by atoms with van der Waals surface area (Å²) in [5.41, 5.74) is 3.95. The molecule has 1 aromatic heterocycles. The average molecular weight is 347 g/mol. The third kappa shape index (κ3) is 3.88. The number of amides is 1. The van der Waals surface area contributed by atoms with Crippen molar-refractivity contribution in [3.8, 4) is 17.1 Å². The second kappa shape index (κ2) is 7.78. The van der Waals surface area contributed by atoms with Crippen molar-refractivity contribution in [2.24, 2.45) is 0 Å². The summed E-state index contributed by atoms with van der Waals surface area (Å²) >= 11 is 0. The van der Waals surface area contributed by atoms with Gasteiger partial charge in [-0.05, 0) is 55.3 Å². The molecule has 5 nitrogen and oxygen atoms in total. The smallest absolute Gasteiger partial charge is 0.259 e. The fourth-order valence-electron chi connectivity index (χ4n) is 2.59. The zero-order valence-corrected chi connectivity index (χ0v) is 15.1. The van der Waals surface area contributed by atoms with Crippen molar-refractivity contribution in [2.45, 2.75) is 20.3 Å². The van der Waals surface area contributed by atoms with Crippen molar-refractivity contribution in [3.05, 3.63) is 71.5 Å². The van der Waals surface area contributed by atoms with E-state index in [4.69, 9.17) is 4.74 Å². The fraction of sp³-hybridized carbons (Fsp3) is 0.190. The average Bonchev–Trinajstić information content (AvgIpc) is 2.68. The van der Waals surface area contributed by atoms with Crippen LogP contribution in [0.5, 0.6) is 5.75 Å². The molecule has 1 heterocycles. The summed E-state index contributed by atoms with van der Waals surface area (Å²) in [6.07, 6.45) is 2.53. The SMILES string of the molecule is CCc1ccc(NC(=O)c2cnc(-c3ccc(OC)cc3)nc2C)cc1. The molecule has 1 amide bonds. The lowest BCUT2D eigenvalue weighted by Crippen LogP contribution is -2.15. The molecule has 0 fully saturated rings. The van der Waals surface area contributed by atoms with Gasteiger partial charge in [0, 0.05) is 17.4 Å². The predicted octanol–water partition coefficient (Wildman–Crippen LogP) is 4.28. The molecular formula is C21H21N3O2. The van der Waals surface area contributed by atoms with Crippen LogP contribution in [-0.2, 0) is 6.42 Å². The van der Waals surface area contributed by atoms with Gasteiger partial charge in [-0.1, -0.05) is 19.1 Å². The van der Waals surface area contributed by atoms with E-state index in [0.29, 0.717) is 17.1 Å². The van der Waals surface area contributed by atoms with Crippen molar-refractivity contribution < 1.29 is 9.53 Å². The molecular weight excluding hydrogens is 326 g/mol. The lowest BCUT2D eigenvalue weighted by atomic mass is 10.1. The number of hydrogen-bond donors (Lipinski definition) is 1. The first kappa shape index (κ1) is 17.6. The van der Waals surface area contributed by atoms with Gasteiger partial charge in [0.25, 0.3) is 5.91 Å². The Morgan fingerprint density at radius 3 is 2.35 bits per heavy atom. The molecule has 3 aromatic rings. The molecule has 0 aliphatic carbocycles. The Balaban J connectivity index is 1.78. The van der Waals surface area contributed by atoms with Gasteiger partial charge in [0.15, 0.2) is 5.82 Å². The minimum atomic E-state index is -0.215. The Morgan fingerprint density at radius 2 is 1.77 bits per heavy atom. The Morgan fingerprint density at radius 1 is 1.08 bits per heavy atom. The number of nitrogens with zero attached hydrogens (tertiary/aromatic N) is 2. The highest BCUT2D eigenvalue weighted by Gasteiger charge is 2.13. The van der Waals surface area contributed by atoms with Crippen LogP contribution in [0.4, 0.5) is 5.69 Å². The van der Waals surface area contributed by atoms with Gasteiger partial charge in [-0.15, -0.1) is 0 Å². The van der Waals surface area contributed by atoms with E-state index < -0.39 is 0 Å². The van der Waals surface area contributed by atoms with E-state index in [1.165, 1.54) is 5.56 Å². The number of hydrogen-bond acceptors (Lipinski definition) is 4. The van der Waals surface area contributed by atoms with Gasteiger partial charge in [-0.3, -0.25) is 4.79 Å². The molecule has 0 aliphatic heterocycles. The van der Waals surface area contributed by atoms with E-state index in [2.05, 4.69) is 22.2 Å². The number of nitrogens with one attached hydrogen (secondary N) is 1. The highest BCUT2D eigenvalue weighted by Crippen LogP contribution is 2.20. The number of aromatic nitrogens is 2.